The zero-order chi connectivity index (χ0) is 12.8. The summed E-state index contributed by atoms with van der Waals surface area (Å²) in [6, 6.07) is 8.06. The maximum atomic E-state index is 6.44. The van der Waals surface area contributed by atoms with Crippen LogP contribution >= 0.6 is 23.2 Å². The second-order valence-corrected chi connectivity index (χ2v) is 6.56. The van der Waals surface area contributed by atoms with Crippen molar-refractivity contribution in [3.63, 3.8) is 0 Å². The van der Waals surface area contributed by atoms with Crippen LogP contribution in [0.4, 0.5) is 0 Å². The topological polar surface area (TPSA) is 0 Å². The van der Waals surface area contributed by atoms with Crippen LogP contribution in [0.5, 0.6) is 0 Å². The fraction of sp³-hybridized carbons (Fsp3) is 0.625. The number of rotatable bonds is 5. The van der Waals surface area contributed by atoms with Crippen molar-refractivity contribution < 1.29 is 0 Å². The summed E-state index contributed by atoms with van der Waals surface area (Å²) >= 11 is 12.3. The molecule has 0 spiro atoms. The van der Waals surface area contributed by atoms with Gasteiger partial charge in [0.25, 0.3) is 0 Å². The van der Waals surface area contributed by atoms with E-state index in [0.717, 1.165) is 23.8 Å². The van der Waals surface area contributed by atoms with Gasteiger partial charge in [-0.25, -0.2) is 0 Å². The quantitative estimate of drug-likeness (QED) is 0.595. The molecule has 2 heteroatoms. The molecule has 0 aromatic heterocycles. The minimum absolute atomic E-state index is 0.271. The molecule has 0 amide bonds. The van der Waals surface area contributed by atoms with Gasteiger partial charge < -0.3 is 0 Å². The molecule has 2 rings (SSSR count). The standard InChI is InChI=1S/C16H22Cl2/c17-15-9-7-14(8-10-15)12-16(18)11-6-13-4-2-1-3-5-13/h7-10,13,16H,1-6,11-12H2. The molecule has 100 valence electrons. The summed E-state index contributed by atoms with van der Waals surface area (Å²) in [6.07, 6.45) is 10.5. The Morgan fingerprint density at radius 2 is 1.72 bits per heavy atom. The molecule has 1 unspecified atom stereocenters. The maximum Gasteiger partial charge on any atom is 0.0406 e. The van der Waals surface area contributed by atoms with Crippen LogP contribution < -0.4 is 0 Å². The molecular weight excluding hydrogens is 263 g/mol. The zero-order valence-electron chi connectivity index (χ0n) is 10.9. The van der Waals surface area contributed by atoms with E-state index in [1.807, 2.05) is 12.1 Å². The summed E-state index contributed by atoms with van der Waals surface area (Å²) < 4.78 is 0. The summed E-state index contributed by atoms with van der Waals surface area (Å²) in [5.41, 5.74) is 1.29. The van der Waals surface area contributed by atoms with Gasteiger partial charge in [0.05, 0.1) is 0 Å². The van der Waals surface area contributed by atoms with Gasteiger partial charge in [-0.2, -0.15) is 0 Å². The van der Waals surface area contributed by atoms with Gasteiger partial charge in [-0.05, 0) is 42.9 Å². The lowest BCUT2D eigenvalue weighted by Crippen LogP contribution is -2.10. The van der Waals surface area contributed by atoms with E-state index in [1.165, 1.54) is 44.1 Å². The van der Waals surface area contributed by atoms with Crippen LogP contribution in [-0.4, -0.2) is 5.38 Å². The predicted molar refractivity (Wildman–Crippen MR) is 80.6 cm³/mol. The number of benzene rings is 1. The molecule has 1 saturated carbocycles. The van der Waals surface area contributed by atoms with E-state index in [9.17, 15) is 0 Å². The van der Waals surface area contributed by atoms with Crippen LogP contribution in [0, 0.1) is 5.92 Å². The van der Waals surface area contributed by atoms with Crippen LogP contribution in [0.3, 0.4) is 0 Å². The average molecular weight is 285 g/mol. The highest BCUT2D eigenvalue weighted by Crippen LogP contribution is 2.29. The van der Waals surface area contributed by atoms with Crippen molar-refractivity contribution in [2.75, 3.05) is 0 Å². The molecule has 1 aromatic carbocycles. The van der Waals surface area contributed by atoms with E-state index < -0.39 is 0 Å². The van der Waals surface area contributed by atoms with Crippen molar-refractivity contribution >= 4 is 23.2 Å². The molecule has 0 bridgehead atoms. The largest absolute Gasteiger partial charge is 0.123 e. The van der Waals surface area contributed by atoms with Crippen LogP contribution in [0.15, 0.2) is 24.3 Å². The Balaban J connectivity index is 1.71. The molecule has 18 heavy (non-hydrogen) atoms. The molecule has 1 aliphatic carbocycles. The van der Waals surface area contributed by atoms with Crippen LogP contribution in [0.2, 0.25) is 5.02 Å². The SMILES string of the molecule is Clc1ccc(CC(Cl)CCC2CCCCC2)cc1. The molecular formula is C16H22Cl2. The van der Waals surface area contributed by atoms with Crippen molar-refractivity contribution in [1.82, 2.24) is 0 Å². The first kappa shape index (κ1) is 14.2. The van der Waals surface area contributed by atoms with Crippen LogP contribution in [0.25, 0.3) is 0 Å². The third kappa shape index (κ3) is 4.82. The Kier molecular flexibility index (Phi) is 5.85. The van der Waals surface area contributed by atoms with E-state index in [0.29, 0.717) is 0 Å². The lowest BCUT2D eigenvalue weighted by Gasteiger charge is -2.22. The summed E-state index contributed by atoms with van der Waals surface area (Å²) in [6.45, 7) is 0. The van der Waals surface area contributed by atoms with Gasteiger partial charge in [-0.15, -0.1) is 11.6 Å². The van der Waals surface area contributed by atoms with Crippen molar-refractivity contribution in [1.29, 1.82) is 0 Å². The Morgan fingerprint density at radius 3 is 2.39 bits per heavy atom. The van der Waals surface area contributed by atoms with Gasteiger partial charge in [0, 0.05) is 10.4 Å². The molecule has 0 aliphatic heterocycles. The Bertz CT molecular complexity index is 339. The summed E-state index contributed by atoms with van der Waals surface area (Å²) in [7, 11) is 0. The van der Waals surface area contributed by atoms with E-state index in [2.05, 4.69) is 12.1 Å². The van der Waals surface area contributed by atoms with Crippen molar-refractivity contribution in [2.45, 2.75) is 56.7 Å². The predicted octanol–water partition coefficient (Wildman–Crippen LogP) is 5.85. The molecule has 0 nitrogen and oxygen atoms in total. The molecule has 0 radical (unpaired) electrons. The second-order valence-electron chi connectivity index (χ2n) is 5.51. The Hall–Kier alpha value is -0.200. The summed E-state index contributed by atoms with van der Waals surface area (Å²) in [5, 5.41) is 1.07. The minimum atomic E-state index is 0.271. The Labute approximate surface area is 121 Å². The molecule has 0 N–H and O–H groups in total. The monoisotopic (exact) mass is 284 g/mol. The van der Waals surface area contributed by atoms with Crippen LogP contribution in [-0.2, 0) is 6.42 Å². The number of halogens is 2. The molecule has 0 saturated heterocycles. The summed E-state index contributed by atoms with van der Waals surface area (Å²) in [5.74, 6) is 0.935. The van der Waals surface area contributed by atoms with Gasteiger partial charge in [0.2, 0.25) is 0 Å². The number of hydrogen-bond donors (Lipinski definition) is 0. The highest BCUT2D eigenvalue weighted by Gasteiger charge is 2.15. The van der Waals surface area contributed by atoms with Gasteiger partial charge in [0.15, 0.2) is 0 Å². The van der Waals surface area contributed by atoms with Crippen molar-refractivity contribution in [2.24, 2.45) is 5.92 Å². The van der Waals surface area contributed by atoms with Crippen molar-refractivity contribution in [3.05, 3.63) is 34.9 Å². The number of hydrogen-bond acceptors (Lipinski definition) is 0. The highest BCUT2D eigenvalue weighted by atomic mass is 35.5. The van der Waals surface area contributed by atoms with Gasteiger partial charge in [-0.1, -0.05) is 55.8 Å². The molecule has 1 aliphatic rings. The van der Waals surface area contributed by atoms with E-state index in [1.54, 1.807) is 0 Å². The highest BCUT2D eigenvalue weighted by molar-refractivity contribution is 6.30. The first-order chi connectivity index (χ1) is 8.74. The van der Waals surface area contributed by atoms with E-state index in [4.69, 9.17) is 23.2 Å². The summed E-state index contributed by atoms with van der Waals surface area (Å²) in [4.78, 5) is 0. The fourth-order valence-corrected chi connectivity index (χ4v) is 3.30. The molecule has 1 fully saturated rings. The van der Waals surface area contributed by atoms with Gasteiger partial charge in [0.1, 0.15) is 0 Å². The third-order valence-corrected chi connectivity index (χ3v) is 4.61. The van der Waals surface area contributed by atoms with Gasteiger partial charge >= 0.3 is 0 Å². The first-order valence-corrected chi connectivity index (χ1v) is 7.94. The van der Waals surface area contributed by atoms with E-state index >= 15 is 0 Å². The lowest BCUT2D eigenvalue weighted by atomic mass is 9.85. The van der Waals surface area contributed by atoms with E-state index in [-0.39, 0.29) is 5.38 Å². The second kappa shape index (κ2) is 7.40. The lowest BCUT2D eigenvalue weighted by molar-refractivity contribution is 0.330. The minimum Gasteiger partial charge on any atom is -0.123 e. The zero-order valence-corrected chi connectivity index (χ0v) is 12.4. The maximum absolute atomic E-state index is 6.44. The molecule has 0 heterocycles. The Morgan fingerprint density at radius 1 is 1.06 bits per heavy atom. The average Bonchev–Trinajstić information content (AvgIpc) is 2.40. The number of alkyl halides is 1. The molecule has 1 aromatic rings. The van der Waals surface area contributed by atoms with Gasteiger partial charge in [-0.3, -0.25) is 0 Å². The smallest absolute Gasteiger partial charge is 0.0406 e. The molecule has 1 atom stereocenters. The first-order valence-electron chi connectivity index (χ1n) is 7.12. The third-order valence-electron chi connectivity index (χ3n) is 3.98. The fourth-order valence-electron chi connectivity index (χ4n) is 2.87. The van der Waals surface area contributed by atoms with Crippen molar-refractivity contribution in [3.8, 4) is 0 Å². The van der Waals surface area contributed by atoms with Crippen LogP contribution in [0.1, 0.15) is 50.5 Å². The normalized spacial score (nSPS) is 18.8.